The van der Waals surface area contributed by atoms with E-state index in [9.17, 15) is 21.9 Å². The Morgan fingerprint density at radius 1 is 1.03 bits per heavy atom. The Hall–Kier alpha value is -2.79. The van der Waals surface area contributed by atoms with Gasteiger partial charge in [0.1, 0.15) is 22.9 Å². The number of aromatic hydroxyl groups is 1. The van der Waals surface area contributed by atoms with Gasteiger partial charge in [0, 0.05) is 24.9 Å². The summed E-state index contributed by atoms with van der Waals surface area (Å²) in [5, 5.41) is 19.5. The standard InChI is InChI=1S/C19H20N4O8S3/c1-23(2)33(25,26)17-11-16(21-20-12-7-9-13(10-8-12)34(27,28)29)18-14(19(17)24)5-4-6-15(18)22-32-31-30-3/h4-11,22,24H,1-3H3,(H,27,28,29). The van der Waals surface area contributed by atoms with Crippen molar-refractivity contribution in [3.8, 4) is 5.75 Å². The van der Waals surface area contributed by atoms with Crippen LogP contribution in [0.15, 0.2) is 68.6 Å². The zero-order valence-electron chi connectivity index (χ0n) is 18.0. The number of phenols is 1. The van der Waals surface area contributed by atoms with Crippen molar-refractivity contribution in [2.75, 3.05) is 25.9 Å². The molecule has 0 radical (unpaired) electrons. The number of benzene rings is 3. The fourth-order valence-electron chi connectivity index (χ4n) is 2.87. The molecule has 0 bridgehead atoms. The maximum atomic E-state index is 12.8. The maximum Gasteiger partial charge on any atom is 0.294 e. The first-order chi connectivity index (χ1) is 16.0. The molecule has 34 heavy (non-hydrogen) atoms. The second-order valence-electron chi connectivity index (χ2n) is 6.85. The Morgan fingerprint density at radius 3 is 2.29 bits per heavy atom. The molecule has 0 saturated carbocycles. The van der Waals surface area contributed by atoms with Crippen molar-refractivity contribution in [1.29, 1.82) is 0 Å². The van der Waals surface area contributed by atoms with Gasteiger partial charge in [0.15, 0.2) is 0 Å². The summed E-state index contributed by atoms with van der Waals surface area (Å²) in [5.74, 6) is -0.471. The molecule has 0 amide bonds. The molecule has 0 unspecified atom stereocenters. The van der Waals surface area contributed by atoms with Crippen LogP contribution in [-0.2, 0) is 29.4 Å². The number of nitrogens with zero attached hydrogens (tertiary/aromatic N) is 3. The van der Waals surface area contributed by atoms with Crippen molar-refractivity contribution in [2.24, 2.45) is 10.2 Å². The molecular weight excluding hydrogens is 508 g/mol. The third-order valence-electron chi connectivity index (χ3n) is 4.50. The highest BCUT2D eigenvalue weighted by atomic mass is 32.2. The quantitative estimate of drug-likeness (QED) is 0.0702. The third-order valence-corrected chi connectivity index (χ3v) is 7.70. The largest absolute Gasteiger partial charge is 0.506 e. The molecular formula is C19H20N4O8S3. The molecule has 0 aliphatic carbocycles. The van der Waals surface area contributed by atoms with Crippen molar-refractivity contribution in [1.82, 2.24) is 4.31 Å². The predicted molar refractivity (Wildman–Crippen MR) is 126 cm³/mol. The molecule has 0 aliphatic rings. The molecule has 15 heteroatoms. The van der Waals surface area contributed by atoms with E-state index in [2.05, 4.69) is 19.8 Å². The van der Waals surface area contributed by atoms with Gasteiger partial charge in [-0.15, -0.1) is 9.45 Å². The van der Waals surface area contributed by atoms with Crippen molar-refractivity contribution in [3.05, 3.63) is 48.5 Å². The van der Waals surface area contributed by atoms with Crippen molar-refractivity contribution in [3.63, 3.8) is 0 Å². The van der Waals surface area contributed by atoms with Crippen LogP contribution in [0.3, 0.4) is 0 Å². The van der Waals surface area contributed by atoms with Gasteiger partial charge in [-0.25, -0.2) is 17.6 Å². The second kappa shape index (κ2) is 10.2. The molecule has 3 N–H and O–H groups in total. The minimum Gasteiger partial charge on any atom is -0.506 e. The van der Waals surface area contributed by atoms with Crippen LogP contribution in [0.2, 0.25) is 0 Å². The van der Waals surface area contributed by atoms with E-state index in [4.69, 9.17) is 8.89 Å². The number of anilines is 1. The number of rotatable bonds is 9. The van der Waals surface area contributed by atoms with Crippen molar-refractivity contribution >= 4 is 60.2 Å². The smallest absolute Gasteiger partial charge is 0.294 e. The molecule has 3 aromatic carbocycles. The second-order valence-corrected chi connectivity index (χ2v) is 10.9. The molecule has 12 nitrogen and oxygen atoms in total. The van der Waals surface area contributed by atoms with E-state index in [0.717, 1.165) is 28.7 Å². The normalized spacial score (nSPS) is 12.6. The lowest BCUT2D eigenvalue weighted by Crippen LogP contribution is -2.22. The maximum absolute atomic E-state index is 12.8. The lowest BCUT2D eigenvalue weighted by molar-refractivity contribution is -0.159. The van der Waals surface area contributed by atoms with Gasteiger partial charge < -0.3 is 9.83 Å². The molecule has 0 heterocycles. The van der Waals surface area contributed by atoms with Crippen LogP contribution in [0.25, 0.3) is 10.8 Å². The summed E-state index contributed by atoms with van der Waals surface area (Å²) < 4.78 is 65.7. The molecule has 0 aliphatic heterocycles. The predicted octanol–water partition coefficient (Wildman–Crippen LogP) is 4.01. The minimum absolute atomic E-state index is 0.0909. The van der Waals surface area contributed by atoms with E-state index in [1.165, 1.54) is 45.5 Å². The van der Waals surface area contributed by atoms with Crippen LogP contribution < -0.4 is 4.72 Å². The van der Waals surface area contributed by atoms with E-state index in [-0.39, 0.29) is 26.6 Å². The molecule has 0 spiro atoms. The van der Waals surface area contributed by atoms with Gasteiger partial charge in [-0.05, 0) is 36.4 Å². The third kappa shape index (κ3) is 5.47. The van der Waals surface area contributed by atoms with Gasteiger partial charge in [-0.1, -0.05) is 12.1 Å². The lowest BCUT2D eigenvalue weighted by Gasteiger charge is -2.16. The number of hydrogen-bond acceptors (Lipinski definition) is 11. The topological polar surface area (TPSA) is 167 Å². The summed E-state index contributed by atoms with van der Waals surface area (Å²) in [6.45, 7) is 0. The van der Waals surface area contributed by atoms with Crippen molar-refractivity contribution < 1.29 is 35.7 Å². The fourth-order valence-corrected chi connectivity index (χ4v) is 4.72. The minimum atomic E-state index is -4.37. The Bertz CT molecular complexity index is 1440. The van der Waals surface area contributed by atoms with E-state index < -0.39 is 25.9 Å². The monoisotopic (exact) mass is 528 g/mol. The Morgan fingerprint density at radius 2 is 1.71 bits per heavy atom. The van der Waals surface area contributed by atoms with Gasteiger partial charge in [0.05, 0.1) is 29.1 Å². The Labute approximate surface area is 200 Å². The zero-order chi connectivity index (χ0) is 25.1. The van der Waals surface area contributed by atoms with E-state index >= 15 is 0 Å². The van der Waals surface area contributed by atoms with E-state index in [1.54, 1.807) is 12.1 Å². The number of sulfonamides is 1. The fraction of sp³-hybridized carbons (Fsp3) is 0.158. The van der Waals surface area contributed by atoms with Crippen LogP contribution in [0.4, 0.5) is 17.1 Å². The average molecular weight is 529 g/mol. The zero-order valence-corrected chi connectivity index (χ0v) is 20.5. The Balaban J connectivity index is 2.20. The summed E-state index contributed by atoms with van der Waals surface area (Å²) in [4.78, 5) is 3.83. The number of fused-ring (bicyclic) bond motifs is 1. The number of azo groups is 1. The van der Waals surface area contributed by atoms with Crippen LogP contribution in [0, 0.1) is 0 Å². The summed E-state index contributed by atoms with van der Waals surface area (Å²) in [5.41, 5.74) is 0.737. The average Bonchev–Trinajstić information content (AvgIpc) is 2.78. The Kier molecular flexibility index (Phi) is 7.77. The first kappa shape index (κ1) is 25.8. The SMILES string of the molecule is COOSNc1cccc2c(O)c(S(=O)(=O)N(C)C)cc(N=Nc3ccc(S(=O)(=O)O)cc3)c12. The summed E-state index contributed by atoms with van der Waals surface area (Å²) in [7, 11) is -4.45. The van der Waals surface area contributed by atoms with Gasteiger partial charge in [0.2, 0.25) is 10.0 Å². The lowest BCUT2D eigenvalue weighted by atomic mass is 10.1. The number of phenolic OH excluding ortho intramolecular Hbond substituents is 1. The molecule has 3 aromatic rings. The first-order valence-corrected chi connectivity index (χ1v) is 12.9. The van der Waals surface area contributed by atoms with Gasteiger partial charge in [-0.3, -0.25) is 4.55 Å². The van der Waals surface area contributed by atoms with Crippen LogP contribution in [-0.4, -0.2) is 52.0 Å². The molecule has 0 fully saturated rings. The van der Waals surface area contributed by atoms with E-state index in [0.29, 0.717) is 11.1 Å². The first-order valence-electron chi connectivity index (χ1n) is 9.29. The highest BCUT2D eigenvalue weighted by Gasteiger charge is 2.26. The highest BCUT2D eigenvalue weighted by molar-refractivity contribution is 7.95. The van der Waals surface area contributed by atoms with Gasteiger partial charge in [0.25, 0.3) is 10.1 Å². The summed E-state index contributed by atoms with van der Waals surface area (Å²) in [6, 6.07) is 10.9. The molecule has 182 valence electrons. The molecule has 0 saturated heterocycles. The molecule has 0 aromatic heterocycles. The van der Waals surface area contributed by atoms with Crippen molar-refractivity contribution in [2.45, 2.75) is 9.79 Å². The van der Waals surface area contributed by atoms with Crippen LogP contribution in [0.1, 0.15) is 0 Å². The number of nitrogens with one attached hydrogen (secondary N) is 1. The molecule has 0 atom stereocenters. The van der Waals surface area contributed by atoms with E-state index in [1.807, 2.05) is 0 Å². The van der Waals surface area contributed by atoms with Crippen LogP contribution >= 0.6 is 12.2 Å². The molecule has 3 rings (SSSR count). The van der Waals surface area contributed by atoms with Crippen LogP contribution in [0.5, 0.6) is 5.75 Å². The van der Waals surface area contributed by atoms with Gasteiger partial charge in [-0.2, -0.15) is 13.5 Å². The number of hydrogen-bond donors (Lipinski definition) is 3. The van der Waals surface area contributed by atoms with Gasteiger partial charge >= 0.3 is 0 Å². The summed E-state index contributed by atoms with van der Waals surface area (Å²) >= 11 is 0.736. The summed E-state index contributed by atoms with van der Waals surface area (Å²) in [6.07, 6.45) is 0. The highest BCUT2D eigenvalue weighted by Crippen LogP contribution is 2.43.